The van der Waals surface area contributed by atoms with Gasteiger partial charge in [-0.25, -0.2) is 9.59 Å². The fraction of sp³-hybridized carbons (Fsp3) is 0.531. The van der Waals surface area contributed by atoms with Crippen molar-refractivity contribution in [2.45, 2.75) is 67.5 Å². The second-order valence-electron chi connectivity index (χ2n) is 9.32. The SMILES string of the molecule is C.C.CCCCCN1C(=O)C=CC1=O.CCCOCC.COC(=O)N1C(=O)C=CC1=O.COC(N)=O.O=C1C=CC(=O)N1CCNC(=O)C(F)(F)F. The van der Waals surface area contributed by atoms with Gasteiger partial charge in [-0.3, -0.25) is 43.4 Å². The number of hydrogen-bond donors (Lipinski definition) is 2. The van der Waals surface area contributed by atoms with Crippen LogP contribution in [0.4, 0.5) is 22.8 Å². The minimum absolute atomic E-state index is 0. The van der Waals surface area contributed by atoms with Crippen molar-refractivity contribution in [1.82, 2.24) is 20.0 Å². The third kappa shape index (κ3) is 22.3. The van der Waals surface area contributed by atoms with Gasteiger partial charge >= 0.3 is 24.3 Å². The van der Waals surface area contributed by atoms with Crippen LogP contribution in [0, 0.1) is 0 Å². The summed E-state index contributed by atoms with van der Waals surface area (Å²) in [5, 5.41) is 1.55. The van der Waals surface area contributed by atoms with Crippen LogP contribution in [0.5, 0.6) is 0 Å². The Balaban J connectivity index is -0.000000290. The van der Waals surface area contributed by atoms with E-state index in [1.165, 1.54) is 24.2 Å². The third-order valence-electron chi connectivity index (χ3n) is 5.59. The summed E-state index contributed by atoms with van der Waals surface area (Å²) < 4.78 is 48.2. The number of carbonyl (C=O) groups excluding carboxylic acids is 9. The maximum absolute atomic E-state index is 11.7. The number of rotatable bonds is 10. The molecule has 9 amide bonds. The predicted octanol–water partition coefficient (Wildman–Crippen LogP) is 2.79. The van der Waals surface area contributed by atoms with Crippen molar-refractivity contribution in [1.29, 1.82) is 0 Å². The highest BCUT2D eigenvalue weighted by Gasteiger charge is 2.38. The third-order valence-corrected chi connectivity index (χ3v) is 5.59. The lowest BCUT2D eigenvalue weighted by molar-refractivity contribution is -0.173. The van der Waals surface area contributed by atoms with Gasteiger partial charge in [-0.2, -0.15) is 18.1 Å². The highest BCUT2D eigenvalue weighted by molar-refractivity contribution is 6.21. The molecule has 0 bridgehead atoms. The van der Waals surface area contributed by atoms with Crippen LogP contribution in [-0.4, -0.2) is 121 Å². The summed E-state index contributed by atoms with van der Waals surface area (Å²) in [6, 6.07) is 0. The summed E-state index contributed by atoms with van der Waals surface area (Å²) in [5.41, 5.74) is 4.43. The molecule has 0 spiro atoms. The molecule has 0 radical (unpaired) electrons. The maximum atomic E-state index is 11.7. The van der Waals surface area contributed by atoms with Crippen LogP contribution >= 0.6 is 0 Å². The van der Waals surface area contributed by atoms with E-state index in [1.807, 2.05) is 6.92 Å². The molecule has 0 aromatic rings. The Hall–Kier alpha value is -5.40. The lowest BCUT2D eigenvalue weighted by Crippen LogP contribution is -2.42. The average Bonchev–Trinajstić information content (AvgIpc) is 3.70. The van der Waals surface area contributed by atoms with Gasteiger partial charge in [0.15, 0.2) is 0 Å². The Morgan fingerprint density at radius 1 is 0.692 bits per heavy atom. The van der Waals surface area contributed by atoms with Crippen LogP contribution in [0.1, 0.15) is 61.3 Å². The minimum atomic E-state index is -4.96. The number of halogens is 3. The molecule has 0 aliphatic carbocycles. The van der Waals surface area contributed by atoms with Gasteiger partial charge in [0, 0.05) is 69.3 Å². The topological polar surface area (TPSA) is 229 Å². The molecule has 0 saturated carbocycles. The average molecular weight is 754 g/mol. The van der Waals surface area contributed by atoms with Gasteiger partial charge in [-0.15, -0.1) is 0 Å². The summed E-state index contributed by atoms with van der Waals surface area (Å²) in [6.45, 7) is 7.82. The molecule has 3 aliphatic heterocycles. The van der Waals surface area contributed by atoms with E-state index in [-0.39, 0.29) is 33.2 Å². The normalized spacial score (nSPS) is 13.7. The quantitative estimate of drug-likeness (QED) is 0.242. The maximum Gasteiger partial charge on any atom is 0.471 e. The summed E-state index contributed by atoms with van der Waals surface area (Å²) in [6.07, 6.45) is 4.25. The van der Waals surface area contributed by atoms with Crippen LogP contribution in [0.25, 0.3) is 0 Å². The van der Waals surface area contributed by atoms with Gasteiger partial charge in [0.2, 0.25) is 0 Å². The van der Waals surface area contributed by atoms with Gasteiger partial charge in [-0.05, 0) is 19.8 Å². The van der Waals surface area contributed by atoms with Crippen LogP contribution in [-0.2, 0) is 47.8 Å². The monoisotopic (exact) mass is 753 g/mol. The van der Waals surface area contributed by atoms with Crippen molar-refractivity contribution >= 4 is 53.5 Å². The highest BCUT2D eigenvalue weighted by atomic mass is 19.4. The molecule has 296 valence electrons. The number of alkyl halides is 3. The molecule has 0 atom stereocenters. The largest absolute Gasteiger partial charge is 0.471 e. The van der Waals surface area contributed by atoms with Crippen molar-refractivity contribution < 1.29 is 70.5 Å². The summed E-state index contributed by atoms with van der Waals surface area (Å²) in [7, 11) is 2.32. The number of primary amides is 1. The first-order valence-corrected chi connectivity index (χ1v) is 14.9. The Bertz CT molecular complexity index is 1240. The van der Waals surface area contributed by atoms with Crippen LogP contribution in [0.3, 0.4) is 0 Å². The number of nitrogens with zero attached hydrogens (tertiary/aromatic N) is 3. The van der Waals surface area contributed by atoms with Gasteiger partial charge in [0.1, 0.15) is 0 Å². The molecule has 3 heterocycles. The van der Waals surface area contributed by atoms with E-state index in [1.54, 1.807) is 5.32 Å². The minimum Gasteiger partial charge on any atom is -0.453 e. The molecule has 20 heteroatoms. The zero-order valence-electron chi connectivity index (χ0n) is 28.3. The molecule has 3 rings (SSSR count). The van der Waals surface area contributed by atoms with E-state index in [9.17, 15) is 56.3 Å². The molecule has 0 aromatic carbocycles. The van der Waals surface area contributed by atoms with Gasteiger partial charge < -0.3 is 25.3 Å². The zero-order chi connectivity index (χ0) is 38.9. The van der Waals surface area contributed by atoms with Crippen LogP contribution in [0.2, 0.25) is 0 Å². The highest BCUT2D eigenvalue weighted by Crippen LogP contribution is 2.14. The second kappa shape index (κ2) is 29.3. The van der Waals surface area contributed by atoms with Crippen LogP contribution < -0.4 is 11.1 Å². The second-order valence-corrected chi connectivity index (χ2v) is 9.32. The summed E-state index contributed by atoms with van der Waals surface area (Å²) >= 11 is 0. The first kappa shape index (κ1) is 53.4. The molecule has 0 fully saturated rings. The first-order valence-electron chi connectivity index (χ1n) is 14.9. The Kier molecular flexibility index (Phi) is 30.1. The Morgan fingerprint density at radius 3 is 1.40 bits per heavy atom. The molecule has 3 N–H and O–H groups in total. The molecule has 17 nitrogen and oxygen atoms in total. The van der Waals surface area contributed by atoms with E-state index in [4.69, 9.17) is 4.74 Å². The fourth-order valence-electron chi connectivity index (χ4n) is 3.16. The number of ether oxygens (including phenoxy) is 3. The number of nitrogens with two attached hydrogens (primary N) is 1. The summed E-state index contributed by atoms with van der Waals surface area (Å²) in [5.74, 6) is -4.98. The van der Waals surface area contributed by atoms with E-state index in [0.717, 1.165) is 75.2 Å². The lowest BCUT2D eigenvalue weighted by atomic mass is 10.2. The van der Waals surface area contributed by atoms with E-state index < -0.39 is 54.4 Å². The van der Waals surface area contributed by atoms with Crippen molar-refractivity contribution in [3.8, 4) is 0 Å². The van der Waals surface area contributed by atoms with Crippen LogP contribution in [0.15, 0.2) is 36.5 Å². The number of unbranched alkanes of at least 4 members (excludes halogenated alkanes) is 2. The van der Waals surface area contributed by atoms with Gasteiger partial charge in [0.25, 0.3) is 35.4 Å². The van der Waals surface area contributed by atoms with Gasteiger partial charge in [-0.1, -0.05) is 41.5 Å². The number of methoxy groups -OCH3 is 2. The summed E-state index contributed by atoms with van der Waals surface area (Å²) in [4.78, 5) is 98.1. The Labute approximate surface area is 300 Å². The number of nitrogens with one attached hydrogen (secondary N) is 1. The smallest absolute Gasteiger partial charge is 0.453 e. The molecular weight excluding hydrogens is 703 g/mol. The van der Waals surface area contributed by atoms with Crippen molar-refractivity contribution in [2.75, 3.05) is 47.1 Å². The van der Waals surface area contributed by atoms with E-state index in [0.29, 0.717) is 11.4 Å². The lowest BCUT2D eigenvalue weighted by Gasteiger charge is -2.14. The molecule has 0 unspecified atom stereocenters. The van der Waals surface area contributed by atoms with Gasteiger partial charge in [0.05, 0.1) is 14.2 Å². The van der Waals surface area contributed by atoms with E-state index >= 15 is 0 Å². The number of imide groups is 5. The fourth-order valence-corrected chi connectivity index (χ4v) is 3.16. The number of hydrogen-bond acceptors (Lipinski definition) is 12. The zero-order valence-corrected chi connectivity index (χ0v) is 28.3. The van der Waals surface area contributed by atoms with Crippen molar-refractivity contribution in [3.63, 3.8) is 0 Å². The standard InChI is InChI=1S/C9H13NO2.C8H7F3N2O3.C6H5NO4.C5H12O.C2H5NO2.2CH4/c1-2-3-4-7-10-8(11)5-6-9(10)12;9-8(10,11)7(16)12-3-4-13-5(14)1-2-6(13)15;1-11-6(10)7-4(8)2-3-5(7)9;1-3-5-6-4-2;1-5-2(3)4;;/h5-6H,2-4,7H2,1H3;1-2H,3-4H2,(H,12,16);2-3H,1H3;3-5H2,1-2H3;1H3,(H2,3,4);2*1H4. The number of carbonyl (C=O) groups is 9. The molecule has 3 aliphatic rings. The number of amides is 9. The van der Waals surface area contributed by atoms with E-state index in [2.05, 4.69) is 29.1 Å². The molecule has 52 heavy (non-hydrogen) atoms. The van der Waals surface area contributed by atoms with Crippen molar-refractivity contribution in [3.05, 3.63) is 36.5 Å². The molecular formula is C32H50F3N5O12. The molecule has 0 saturated heterocycles. The van der Waals surface area contributed by atoms with Crippen molar-refractivity contribution in [2.24, 2.45) is 5.73 Å². The predicted molar refractivity (Wildman–Crippen MR) is 181 cm³/mol. The molecule has 0 aromatic heterocycles. The Morgan fingerprint density at radius 2 is 1.10 bits per heavy atom. The first-order chi connectivity index (χ1) is 23.4.